The summed E-state index contributed by atoms with van der Waals surface area (Å²) in [4.78, 5) is 25.0. The Balaban J connectivity index is 2.20. The molecule has 0 saturated carbocycles. The van der Waals surface area contributed by atoms with Crippen molar-refractivity contribution in [2.45, 2.75) is 32.4 Å². The van der Waals surface area contributed by atoms with Gasteiger partial charge in [-0.15, -0.1) is 5.10 Å². The number of amides is 1. The number of carboxylic acids is 1. The first-order valence-electron chi connectivity index (χ1n) is 6.55. The highest BCUT2D eigenvalue weighted by Gasteiger charge is 2.38. The standard InChI is InChI=1S/C12H19N5O3/c1-4-16(12(2,3)11(19)20)10(18)9-7-17(15-14-9)8-5-13-6-8/h7-8,13H,4-6H2,1-3H3,(H,19,20). The van der Waals surface area contributed by atoms with E-state index in [9.17, 15) is 14.7 Å². The molecule has 0 unspecified atom stereocenters. The molecule has 2 heterocycles. The molecule has 1 aromatic rings. The predicted octanol–water partition coefficient (Wildman–Crippen LogP) is -0.252. The van der Waals surface area contributed by atoms with E-state index in [1.807, 2.05) is 0 Å². The van der Waals surface area contributed by atoms with Gasteiger partial charge in [0.25, 0.3) is 5.91 Å². The molecule has 20 heavy (non-hydrogen) atoms. The number of carbonyl (C=O) groups is 2. The van der Waals surface area contributed by atoms with Gasteiger partial charge in [0.1, 0.15) is 5.54 Å². The van der Waals surface area contributed by atoms with E-state index >= 15 is 0 Å². The summed E-state index contributed by atoms with van der Waals surface area (Å²) >= 11 is 0. The summed E-state index contributed by atoms with van der Waals surface area (Å²) in [5.41, 5.74) is -1.11. The van der Waals surface area contributed by atoms with Crippen molar-refractivity contribution < 1.29 is 14.7 Å². The third kappa shape index (κ3) is 2.38. The maximum atomic E-state index is 12.4. The van der Waals surface area contributed by atoms with Crippen molar-refractivity contribution in [3.8, 4) is 0 Å². The fourth-order valence-electron chi connectivity index (χ4n) is 2.06. The molecule has 0 aromatic carbocycles. The Hall–Kier alpha value is -1.96. The Kier molecular flexibility index (Phi) is 3.76. The van der Waals surface area contributed by atoms with E-state index in [1.54, 1.807) is 17.8 Å². The molecule has 8 heteroatoms. The van der Waals surface area contributed by atoms with Crippen LogP contribution in [0.5, 0.6) is 0 Å². The van der Waals surface area contributed by atoms with Crippen LogP contribution in [0.2, 0.25) is 0 Å². The quantitative estimate of drug-likeness (QED) is 0.771. The average Bonchev–Trinajstić information content (AvgIpc) is 2.76. The fourth-order valence-corrected chi connectivity index (χ4v) is 2.06. The van der Waals surface area contributed by atoms with Gasteiger partial charge in [-0.3, -0.25) is 4.79 Å². The summed E-state index contributed by atoms with van der Waals surface area (Å²) in [6.45, 7) is 6.62. The minimum absolute atomic E-state index is 0.174. The molecule has 2 N–H and O–H groups in total. The van der Waals surface area contributed by atoms with Gasteiger partial charge in [0.2, 0.25) is 0 Å². The molecule has 1 amide bonds. The van der Waals surface area contributed by atoms with E-state index in [-0.39, 0.29) is 18.3 Å². The summed E-state index contributed by atoms with van der Waals surface area (Å²) in [6.07, 6.45) is 1.58. The molecule has 1 aliphatic heterocycles. The van der Waals surface area contributed by atoms with Crippen molar-refractivity contribution in [2.24, 2.45) is 0 Å². The van der Waals surface area contributed by atoms with Crippen molar-refractivity contribution in [3.63, 3.8) is 0 Å². The summed E-state index contributed by atoms with van der Waals surface area (Å²) < 4.78 is 1.64. The molecule has 0 radical (unpaired) electrons. The summed E-state index contributed by atoms with van der Waals surface area (Å²) in [5, 5.41) is 20.1. The summed E-state index contributed by atoms with van der Waals surface area (Å²) in [6, 6.07) is 0.214. The van der Waals surface area contributed by atoms with E-state index in [0.29, 0.717) is 0 Å². The Morgan fingerprint density at radius 1 is 1.55 bits per heavy atom. The lowest BCUT2D eigenvalue weighted by Crippen LogP contribution is -2.53. The molecule has 1 saturated heterocycles. The van der Waals surface area contributed by atoms with Crippen LogP contribution in [0.1, 0.15) is 37.3 Å². The van der Waals surface area contributed by atoms with E-state index in [1.165, 1.54) is 18.7 Å². The van der Waals surface area contributed by atoms with Crippen molar-refractivity contribution in [1.29, 1.82) is 0 Å². The molecule has 110 valence electrons. The van der Waals surface area contributed by atoms with Gasteiger partial charge < -0.3 is 15.3 Å². The first-order chi connectivity index (χ1) is 9.37. The van der Waals surface area contributed by atoms with Crippen LogP contribution in [0.4, 0.5) is 0 Å². The third-order valence-corrected chi connectivity index (χ3v) is 3.62. The number of carboxylic acid groups (broad SMARTS) is 1. The van der Waals surface area contributed by atoms with E-state index < -0.39 is 17.4 Å². The molecule has 1 fully saturated rings. The molecular weight excluding hydrogens is 262 g/mol. The fraction of sp³-hybridized carbons (Fsp3) is 0.667. The lowest BCUT2D eigenvalue weighted by atomic mass is 10.0. The topological polar surface area (TPSA) is 100 Å². The molecule has 0 spiro atoms. The number of nitrogens with one attached hydrogen (secondary N) is 1. The number of hydrogen-bond acceptors (Lipinski definition) is 5. The van der Waals surface area contributed by atoms with Crippen molar-refractivity contribution in [2.75, 3.05) is 19.6 Å². The molecule has 0 atom stereocenters. The van der Waals surface area contributed by atoms with Crippen LogP contribution < -0.4 is 5.32 Å². The largest absolute Gasteiger partial charge is 0.480 e. The number of carbonyl (C=O) groups excluding carboxylic acids is 1. The second kappa shape index (κ2) is 5.20. The van der Waals surface area contributed by atoms with Crippen LogP contribution in [0, 0.1) is 0 Å². The predicted molar refractivity (Wildman–Crippen MR) is 70.4 cm³/mol. The zero-order valence-electron chi connectivity index (χ0n) is 11.8. The lowest BCUT2D eigenvalue weighted by Gasteiger charge is -2.33. The van der Waals surface area contributed by atoms with Crippen LogP contribution in [-0.4, -0.2) is 62.0 Å². The zero-order chi connectivity index (χ0) is 14.9. The highest BCUT2D eigenvalue weighted by atomic mass is 16.4. The van der Waals surface area contributed by atoms with Gasteiger partial charge in [0.05, 0.1) is 12.2 Å². The highest BCUT2D eigenvalue weighted by molar-refractivity contribution is 5.95. The number of aromatic nitrogens is 3. The van der Waals surface area contributed by atoms with Crippen molar-refractivity contribution >= 4 is 11.9 Å². The number of rotatable bonds is 5. The number of likely N-dealkylation sites (N-methyl/N-ethyl adjacent to an activating group) is 1. The van der Waals surface area contributed by atoms with E-state index in [0.717, 1.165) is 13.1 Å². The smallest absolute Gasteiger partial charge is 0.329 e. The minimum atomic E-state index is -1.28. The van der Waals surface area contributed by atoms with Gasteiger partial charge in [0, 0.05) is 19.6 Å². The number of aliphatic carboxylic acids is 1. The SMILES string of the molecule is CCN(C(=O)c1cn(C2CNC2)nn1)C(C)(C)C(=O)O. The van der Waals surface area contributed by atoms with Gasteiger partial charge in [-0.25, -0.2) is 9.48 Å². The number of hydrogen-bond donors (Lipinski definition) is 2. The highest BCUT2D eigenvalue weighted by Crippen LogP contribution is 2.18. The summed E-state index contributed by atoms with van der Waals surface area (Å²) in [5.74, 6) is -1.47. The zero-order valence-corrected chi connectivity index (χ0v) is 11.8. The Bertz CT molecular complexity index is 521. The number of nitrogens with zero attached hydrogens (tertiary/aromatic N) is 4. The first kappa shape index (κ1) is 14.4. The maximum Gasteiger partial charge on any atom is 0.329 e. The van der Waals surface area contributed by atoms with E-state index in [4.69, 9.17) is 0 Å². The van der Waals surface area contributed by atoms with Crippen LogP contribution in [0.3, 0.4) is 0 Å². The van der Waals surface area contributed by atoms with E-state index in [2.05, 4.69) is 15.6 Å². The van der Waals surface area contributed by atoms with Crippen LogP contribution in [0.25, 0.3) is 0 Å². The molecule has 8 nitrogen and oxygen atoms in total. The second-order valence-corrected chi connectivity index (χ2v) is 5.31. The minimum Gasteiger partial charge on any atom is -0.480 e. The van der Waals surface area contributed by atoms with Crippen LogP contribution in [0.15, 0.2) is 6.20 Å². The van der Waals surface area contributed by atoms with Crippen molar-refractivity contribution in [3.05, 3.63) is 11.9 Å². The van der Waals surface area contributed by atoms with Crippen LogP contribution >= 0.6 is 0 Å². The normalized spacial score (nSPS) is 15.8. The van der Waals surface area contributed by atoms with Crippen molar-refractivity contribution in [1.82, 2.24) is 25.2 Å². The van der Waals surface area contributed by atoms with Gasteiger partial charge in [-0.05, 0) is 20.8 Å². The Morgan fingerprint density at radius 3 is 2.65 bits per heavy atom. The monoisotopic (exact) mass is 281 g/mol. The Labute approximate surface area is 116 Å². The van der Waals surface area contributed by atoms with Gasteiger partial charge in [0.15, 0.2) is 5.69 Å². The molecule has 2 rings (SSSR count). The molecule has 1 aromatic heterocycles. The molecule has 0 aliphatic carbocycles. The molecular formula is C12H19N5O3. The van der Waals surface area contributed by atoms with Gasteiger partial charge in [-0.2, -0.15) is 0 Å². The van der Waals surface area contributed by atoms with Gasteiger partial charge in [-0.1, -0.05) is 5.21 Å². The molecule has 0 bridgehead atoms. The third-order valence-electron chi connectivity index (χ3n) is 3.62. The summed E-state index contributed by atoms with van der Waals surface area (Å²) in [7, 11) is 0. The first-order valence-corrected chi connectivity index (χ1v) is 6.55. The lowest BCUT2D eigenvalue weighted by molar-refractivity contribution is -0.147. The second-order valence-electron chi connectivity index (χ2n) is 5.31. The molecule has 1 aliphatic rings. The maximum absolute atomic E-state index is 12.4. The van der Waals surface area contributed by atoms with Crippen LogP contribution in [-0.2, 0) is 4.79 Å². The Morgan fingerprint density at radius 2 is 2.20 bits per heavy atom. The average molecular weight is 281 g/mol. The van der Waals surface area contributed by atoms with Gasteiger partial charge >= 0.3 is 5.97 Å².